The Hall–Kier alpha value is -0.810. The number of ether oxygens (including phenoxy) is 5. The molecule has 0 aromatic carbocycles. The van der Waals surface area contributed by atoms with Crippen LogP contribution in [-0.4, -0.2) is 102 Å². The van der Waals surface area contributed by atoms with Crippen LogP contribution >= 0.6 is 0 Å². The normalized spacial score (nSPS) is 61.6. The lowest BCUT2D eigenvalue weighted by Gasteiger charge is -2.71. The third-order valence-electron chi connectivity index (χ3n) is 11.9. The Morgan fingerprint density at radius 1 is 1.17 bits per heavy atom. The predicted octanol–water partition coefficient (Wildman–Crippen LogP) is 0.696. The van der Waals surface area contributed by atoms with Crippen LogP contribution < -0.4 is 0 Å². The van der Waals surface area contributed by atoms with Gasteiger partial charge in [0, 0.05) is 51.9 Å². The van der Waals surface area contributed by atoms with Crippen molar-refractivity contribution in [3.05, 3.63) is 0 Å². The second-order valence-corrected chi connectivity index (χ2v) is 12.7. The van der Waals surface area contributed by atoms with Gasteiger partial charge in [-0.3, -0.25) is 9.69 Å². The molecule has 2 N–H and O–H groups in total. The van der Waals surface area contributed by atoms with Gasteiger partial charge in [0.1, 0.15) is 18.5 Å². The molecular formula is C26H39NO8. The van der Waals surface area contributed by atoms with Gasteiger partial charge in [-0.1, -0.05) is 13.8 Å². The zero-order valence-electron chi connectivity index (χ0n) is 21.4. The van der Waals surface area contributed by atoms with Crippen LogP contribution in [0.5, 0.6) is 0 Å². The number of rotatable bonds is 4. The summed E-state index contributed by atoms with van der Waals surface area (Å²) in [4.78, 5) is 15.1. The zero-order chi connectivity index (χ0) is 24.8. The van der Waals surface area contributed by atoms with Gasteiger partial charge in [0.2, 0.25) is 0 Å². The fourth-order valence-electron chi connectivity index (χ4n) is 11.5. The van der Waals surface area contributed by atoms with Crippen molar-refractivity contribution >= 4 is 5.97 Å². The van der Waals surface area contributed by atoms with Crippen LogP contribution in [0, 0.1) is 28.6 Å². The van der Waals surface area contributed by atoms with Crippen molar-refractivity contribution in [2.75, 3.05) is 34.1 Å². The Labute approximate surface area is 206 Å². The molecule has 7 fully saturated rings. The fraction of sp³-hybridized carbons (Fsp3) is 0.962. The van der Waals surface area contributed by atoms with E-state index in [1.165, 1.54) is 6.92 Å². The molecule has 0 aromatic heterocycles. The third-order valence-corrected chi connectivity index (χ3v) is 11.9. The molecule has 7 aliphatic rings. The van der Waals surface area contributed by atoms with E-state index in [1.807, 2.05) is 0 Å². The molecule has 2 unspecified atom stereocenters. The number of carbonyl (C=O) groups excluding carboxylic acids is 1. The number of methoxy groups -OCH3 is 2. The van der Waals surface area contributed by atoms with Gasteiger partial charge in [-0.05, 0) is 31.2 Å². The minimum absolute atomic E-state index is 0.0311. The average Bonchev–Trinajstić information content (AvgIpc) is 3.36. The van der Waals surface area contributed by atoms with E-state index >= 15 is 0 Å². The molecule has 13 atom stereocenters. The van der Waals surface area contributed by atoms with Gasteiger partial charge in [-0.15, -0.1) is 0 Å². The van der Waals surface area contributed by atoms with Crippen molar-refractivity contribution in [1.82, 2.24) is 4.90 Å². The van der Waals surface area contributed by atoms with Crippen LogP contribution in [0.4, 0.5) is 0 Å². The molecular weight excluding hydrogens is 454 g/mol. The molecule has 2 saturated heterocycles. The highest BCUT2D eigenvalue weighted by Gasteiger charge is 2.97. The summed E-state index contributed by atoms with van der Waals surface area (Å²) >= 11 is 0. The van der Waals surface area contributed by atoms with Crippen molar-refractivity contribution in [1.29, 1.82) is 0 Å². The zero-order valence-corrected chi connectivity index (χ0v) is 21.4. The molecule has 35 heavy (non-hydrogen) atoms. The van der Waals surface area contributed by atoms with E-state index in [-0.39, 0.29) is 48.3 Å². The van der Waals surface area contributed by atoms with E-state index in [0.29, 0.717) is 12.8 Å². The van der Waals surface area contributed by atoms with Gasteiger partial charge < -0.3 is 33.9 Å². The van der Waals surface area contributed by atoms with Gasteiger partial charge in [-0.2, -0.15) is 0 Å². The monoisotopic (exact) mass is 493 g/mol. The number of piperidine rings is 1. The van der Waals surface area contributed by atoms with E-state index in [9.17, 15) is 15.0 Å². The number of carbonyl (C=O) groups is 1. The molecule has 0 radical (unpaired) electrons. The predicted molar refractivity (Wildman–Crippen MR) is 121 cm³/mol. The molecule has 2 aliphatic heterocycles. The van der Waals surface area contributed by atoms with Crippen LogP contribution in [0.25, 0.3) is 0 Å². The standard InChI is InChI=1S/C26H39NO8/c1-6-27-11-22(3)8-7-16(31-4)25-19(22)20(35-13(2)28)26(21(25)27)24(33-12-34-26)10-15(29)14-9-23(25,30)18(24)17(14)32-5/h14-21,29-30H,6-12H2,1-5H3/t14-,15-,16+,17?,18?,19-,20+,21+,22+,23+,24-,25-,26-/m1/s1. The molecule has 0 aromatic rings. The average molecular weight is 494 g/mol. The summed E-state index contributed by atoms with van der Waals surface area (Å²) in [6, 6.07) is -0.280. The summed E-state index contributed by atoms with van der Waals surface area (Å²) in [5.41, 5.74) is -4.30. The molecule has 7 rings (SSSR count). The lowest BCUT2D eigenvalue weighted by molar-refractivity contribution is -0.332. The quantitative estimate of drug-likeness (QED) is 0.547. The second kappa shape index (κ2) is 6.79. The maximum Gasteiger partial charge on any atom is 0.303 e. The molecule has 5 saturated carbocycles. The van der Waals surface area contributed by atoms with Crippen LogP contribution in [0.1, 0.15) is 46.5 Å². The highest BCUT2D eigenvalue weighted by molar-refractivity contribution is 5.67. The largest absolute Gasteiger partial charge is 0.459 e. The minimum Gasteiger partial charge on any atom is -0.459 e. The smallest absolute Gasteiger partial charge is 0.303 e. The van der Waals surface area contributed by atoms with Gasteiger partial charge >= 0.3 is 5.97 Å². The van der Waals surface area contributed by atoms with Crippen LogP contribution in [-0.2, 0) is 28.5 Å². The van der Waals surface area contributed by atoms with Crippen molar-refractivity contribution in [3.63, 3.8) is 0 Å². The molecule has 9 heteroatoms. The molecule has 5 aliphatic carbocycles. The number of hydrogen-bond donors (Lipinski definition) is 2. The first-order chi connectivity index (χ1) is 16.6. The summed E-state index contributed by atoms with van der Waals surface area (Å²) in [7, 11) is 3.40. The van der Waals surface area contributed by atoms with E-state index < -0.39 is 40.3 Å². The Morgan fingerprint density at radius 3 is 2.60 bits per heavy atom. The topological polar surface area (TPSA) is 107 Å². The summed E-state index contributed by atoms with van der Waals surface area (Å²) in [5, 5.41) is 24.7. The van der Waals surface area contributed by atoms with Gasteiger partial charge in [-0.25, -0.2) is 0 Å². The molecule has 2 heterocycles. The summed E-state index contributed by atoms with van der Waals surface area (Å²) in [5.74, 6) is -1.16. The summed E-state index contributed by atoms with van der Waals surface area (Å²) in [6.45, 7) is 7.51. The number of aliphatic hydroxyl groups excluding tert-OH is 1. The van der Waals surface area contributed by atoms with E-state index in [0.717, 1.165) is 25.9 Å². The Bertz CT molecular complexity index is 964. The highest BCUT2D eigenvalue weighted by Crippen LogP contribution is 2.83. The van der Waals surface area contributed by atoms with Crippen LogP contribution in [0.2, 0.25) is 0 Å². The Balaban J connectivity index is 1.62. The maximum atomic E-state index is 13.3. The fourth-order valence-corrected chi connectivity index (χ4v) is 11.5. The van der Waals surface area contributed by atoms with Crippen molar-refractivity contribution in [2.45, 2.75) is 93.7 Å². The number of fused-ring (bicyclic) bond motifs is 1. The molecule has 196 valence electrons. The Kier molecular flexibility index (Phi) is 4.52. The maximum absolute atomic E-state index is 13.3. The van der Waals surface area contributed by atoms with Gasteiger partial charge in [0.05, 0.1) is 35.4 Å². The van der Waals surface area contributed by atoms with Gasteiger partial charge in [0.15, 0.2) is 5.60 Å². The molecule has 9 nitrogen and oxygen atoms in total. The van der Waals surface area contributed by atoms with Crippen molar-refractivity contribution < 1.29 is 38.7 Å². The number of hydrogen-bond acceptors (Lipinski definition) is 9. The molecule has 3 spiro atoms. The highest BCUT2D eigenvalue weighted by atomic mass is 16.7. The van der Waals surface area contributed by atoms with Crippen molar-refractivity contribution in [2.24, 2.45) is 28.6 Å². The number of nitrogens with zero attached hydrogens (tertiary/aromatic N) is 1. The first-order valence-electron chi connectivity index (χ1n) is 13.3. The molecule has 7 bridgehead atoms. The SMILES string of the molecule is CCN1C[C@]2(C)CC[C@H](OC)[C@]34[C@@H]2[C@H](OC(C)=O)[C@@]2(OCO[C@@]25C[C@@H](O)[C@H]2C[C@]3(O)C5C2OC)[C@@H]14. The van der Waals surface area contributed by atoms with Crippen LogP contribution in [0.15, 0.2) is 0 Å². The van der Waals surface area contributed by atoms with E-state index in [2.05, 4.69) is 18.7 Å². The molecule has 0 amide bonds. The van der Waals surface area contributed by atoms with E-state index in [4.69, 9.17) is 23.7 Å². The van der Waals surface area contributed by atoms with E-state index in [1.54, 1.807) is 14.2 Å². The lowest BCUT2D eigenvalue weighted by atomic mass is 9.41. The number of likely N-dealkylation sites (tertiary alicyclic amines) is 1. The lowest BCUT2D eigenvalue weighted by Crippen LogP contribution is -2.85. The Morgan fingerprint density at radius 2 is 1.94 bits per heavy atom. The minimum atomic E-state index is -1.24. The summed E-state index contributed by atoms with van der Waals surface area (Å²) < 4.78 is 32.1. The number of likely N-dealkylation sites (N-methyl/N-ethyl adjacent to an activating group) is 1. The van der Waals surface area contributed by atoms with Crippen LogP contribution in [0.3, 0.4) is 0 Å². The number of esters is 1. The number of aliphatic hydroxyl groups is 2. The first kappa shape index (κ1) is 23.3. The second-order valence-electron chi connectivity index (χ2n) is 12.7. The van der Waals surface area contributed by atoms with Crippen molar-refractivity contribution in [3.8, 4) is 0 Å². The van der Waals surface area contributed by atoms with Gasteiger partial charge in [0.25, 0.3) is 0 Å². The third kappa shape index (κ3) is 2.09. The summed E-state index contributed by atoms with van der Waals surface area (Å²) in [6.07, 6.45) is 0.473. The first-order valence-corrected chi connectivity index (χ1v) is 13.3.